The Morgan fingerprint density at radius 1 is 1.25 bits per heavy atom. The third kappa shape index (κ3) is 4.95. The first-order valence-electron chi connectivity index (χ1n) is 7.55. The number of nitrogens with zero attached hydrogens (tertiary/aromatic N) is 1. The lowest BCUT2D eigenvalue weighted by Crippen LogP contribution is -2.08. The average Bonchev–Trinajstić information content (AvgIpc) is 2.59. The van der Waals surface area contributed by atoms with Crippen molar-refractivity contribution in [1.82, 2.24) is 0 Å². The van der Waals surface area contributed by atoms with E-state index >= 15 is 0 Å². The van der Waals surface area contributed by atoms with Crippen LogP contribution in [-0.2, 0) is 4.79 Å². The molecule has 0 bridgehead atoms. The highest BCUT2D eigenvalue weighted by Gasteiger charge is 2.07. The van der Waals surface area contributed by atoms with Crippen LogP contribution in [0.25, 0.3) is 6.08 Å². The minimum Gasteiger partial charge on any atom is -0.493 e. The lowest BCUT2D eigenvalue weighted by molar-refractivity contribution is -0.384. The molecule has 0 saturated heterocycles. The predicted octanol–water partition coefficient (Wildman–Crippen LogP) is 4.04. The number of para-hydroxylation sites is 1. The molecule has 6 nitrogen and oxygen atoms in total. The molecule has 0 heterocycles. The first-order valence-corrected chi connectivity index (χ1v) is 7.55. The Morgan fingerprint density at radius 2 is 2.04 bits per heavy atom. The van der Waals surface area contributed by atoms with Gasteiger partial charge in [-0.3, -0.25) is 14.9 Å². The second-order valence-electron chi connectivity index (χ2n) is 5.02. The van der Waals surface area contributed by atoms with Gasteiger partial charge in [0.1, 0.15) is 5.75 Å². The van der Waals surface area contributed by atoms with Crippen LogP contribution in [0.5, 0.6) is 5.75 Å². The van der Waals surface area contributed by atoms with Crippen molar-refractivity contribution in [1.29, 1.82) is 0 Å². The Kier molecular flexibility index (Phi) is 6.08. The van der Waals surface area contributed by atoms with E-state index in [9.17, 15) is 14.9 Å². The summed E-state index contributed by atoms with van der Waals surface area (Å²) in [6.07, 6.45) is 3.91. The molecule has 1 N–H and O–H groups in total. The molecule has 2 aromatic carbocycles. The third-order valence-electron chi connectivity index (χ3n) is 3.12. The van der Waals surface area contributed by atoms with Gasteiger partial charge in [-0.25, -0.2) is 0 Å². The van der Waals surface area contributed by atoms with Gasteiger partial charge in [0, 0.05) is 29.5 Å². The van der Waals surface area contributed by atoms with Gasteiger partial charge in [0.2, 0.25) is 5.91 Å². The SMILES string of the molecule is CCCOc1ccccc1C=CC(=O)Nc1cccc([N+](=O)[O-])c1. The number of ether oxygens (including phenoxy) is 1. The van der Waals surface area contributed by atoms with E-state index in [1.54, 1.807) is 12.1 Å². The Labute approximate surface area is 139 Å². The number of hydrogen-bond donors (Lipinski definition) is 1. The standard InChI is InChI=1S/C18H18N2O4/c1-2-12-24-17-9-4-3-6-14(17)10-11-18(21)19-15-7-5-8-16(13-15)20(22)23/h3-11,13H,2,12H2,1H3,(H,19,21). The van der Waals surface area contributed by atoms with Gasteiger partial charge in [-0.15, -0.1) is 0 Å². The van der Waals surface area contributed by atoms with Crippen LogP contribution in [0.3, 0.4) is 0 Å². The van der Waals surface area contributed by atoms with Crippen molar-refractivity contribution >= 4 is 23.4 Å². The number of anilines is 1. The molecule has 0 spiro atoms. The Balaban J connectivity index is 2.06. The summed E-state index contributed by atoms with van der Waals surface area (Å²) in [4.78, 5) is 22.2. The van der Waals surface area contributed by atoms with Gasteiger partial charge in [-0.05, 0) is 24.6 Å². The summed E-state index contributed by atoms with van der Waals surface area (Å²) in [6.45, 7) is 2.62. The number of nitrogens with one attached hydrogen (secondary N) is 1. The Hall–Kier alpha value is -3.15. The highest BCUT2D eigenvalue weighted by atomic mass is 16.6. The number of benzene rings is 2. The number of non-ortho nitro benzene ring substituents is 1. The highest BCUT2D eigenvalue weighted by Crippen LogP contribution is 2.20. The second-order valence-corrected chi connectivity index (χ2v) is 5.02. The monoisotopic (exact) mass is 326 g/mol. The molecule has 1 amide bonds. The van der Waals surface area contributed by atoms with Crippen molar-refractivity contribution in [2.75, 3.05) is 11.9 Å². The molecule has 0 radical (unpaired) electrons. The van der Waals surface area contributed by atoms with Gasteiger partial charge in [0.05, 0.1) is 11.5 Å². The van der Waals surface area contributed by atoms with E-state index in [1.165, 1.54) is 24.3 Å². The second kappa shape index (κ2) is 8.47. The van der Waals surface area contributed by atoms with Gasteiger partial charge in [-0.1, -0.05) is 31.2 Å². The van der Waals surface area contributed by atoms with Crippen molar-refractivity contribution in [3.8, 4) is 5.75 Å². The fourth-order valence-electron chi connectivity index (χ4n) is 2.01. The summed E-state index contributed by atoms with van der Waals surface area (Å²) >= 11 is 0. The van der Waals surface area contributed by atoms with Gasteiger partial charge in [-0.2, -0.15) is 0 Å². The van der Waals surface area contributed by atoms with E-state index in [0.717, 1.165) is 12.0 Å². The van der Waals surface area contributed by atoms with Crippen LogP contribution in [0, 0.1) is 10.1 Å². The lowest BCUT2D eigenvalue weighted by Gasteiger charge is -2.07. The van der Waals surface area contributed by atoms with Gasteiger partial charge in [0.25, 0.3) is 5.69 Å². The van der Waals surface area contributed by atoms with Gasteiger partial charge >= 0.3 is 0 Å². The molecule has 2 aromatic rings. The van der Waals surface area contributed by atoms with E-state index in [1.807, 2.05) is 31.2 Å². The van der Waals surface area contributed by atoms with E-state index in [2.05, 4.69) is 5.32 Å². The number of nitro benzene ring substituents is 1. The molecule has 0 aliphatic rings. The Bertz CT molecular complexity index is 756. The molecule has 0 aliphatic carbocycles. The molecule has 0 aromatic heterocycles. The number of amides is 1. The molecule has 0 aliphatic heterocycles. The van der Waals surface area contributed by atoms with Crippen LogP contribution < -0.4 is 10.1 Å². The number of hydrogen-bond acceptors (Lipinski definition) is 4. The number of carbonyl (C=O) groups excluding carboxylic acids is 1. The minimum absolute atomic E-state index is 0.0740. The zero-order valence-corrected chi connectivity index (χ0v) is 13.3. The summed E-state index contributed by atoms with van der Waals surface area (Å²) in [5, 5.41) is 13.3. The predicted molar refractivity (Wildman–Crippen MR) is 93.0 cm³/mol. The van der Waals surface area contributed by atoms with Crippen LogP contribution >= 0.6 is 0 Å². The number of carbonyl (C=O) groups is 1. The average molecular weight is 326 g/mol. The van der Waals surface area contributed by atoms with Crippen molar-refractivity contribution in [3.05, 3.63) is 70.3 Å². The van der Waals surface area contributed by atoms with Crippen molar-refractivity contribution < 1.29 is 14.5 Å². The van der Waals surface area contributed by atoms with Crippen LogP contribution in [0.15, 0.2) is 54.6 Å². The van der Waals surface area contributed by atoms with E-state index in [4.69, 9.17) is 4.74 Å². The van der Waals surface area contributed by atoms with Crippen molar-refractivity contribution in [2.45, 2.75) is 13.3 Å². The zero-order chi connectivity index (χ0) is 17.4. The third-order valence-corrected chi connectivity index (χ3v) is 3.12. The first-order chi connectivity index (χ1) is 11.6. The van der Waals surface area contributed by atoms with Crippen molar-refractivity contribution in [2.24, 2.45) is 0 Å². The molecule has 2 rings (SSSR count). The normalized spacial score (nSPS) is 10.5. The molecule has 24 heavy (non-hydrogen) atoms. The topological polar surface area (TPSA) is 81.5 Å². The maximum Gasteiger partial charge on any atom is 0.271 e. The van der Waals surface area contributed by atoms with Gasteiger partial charge in [0.15, 0.2) is 0 Å². The number of nitro groups is 1. The van der Waals surface area contributed by atoms with Crippen LogP contribution in [0.1, 0.15) is 18.9 Å². The number of rotatable bonds is 7. The van der Waals surface area contributed by atoms with Crippen LogP contribution in [-0.4, -0.2) is 17.4 Å². The van der Waals surface area contributed by atoms with Crippen LogP contribution in [0.2, 0.25) is 0 Å². The fraction of sp³-hybridized carbons (Fsp3) is 0.167. The zero-order valence-electron chi connectivity index (χ0n) is 13.3. The molecule has 0 unspecified atom stereocenters. The van der Waals surface area contributed by atoms with E-state index in [0.29, 0.717) is 18.0 Å². The summed E-state index contributed by atoms with van der Waals surface area (Å²) in [7, 11) is 0. The molecule has 6 heteroatoms. The summed E-state index contributed by atoms with van der Waals surface area (Å²) in [6, 6.07) is 13.2. The maximum absolute atomic E-state index is 12.0. The maximum atomic E-state index is 12.0. The van der Waals surface area contributed by atoms with Crippen molar-refractivity contribution in [3.63, 3.8) is 0 Å². The summed E-state index contributed by atoms with van der Waals surface area (Å²) in [5.41, 5.74) is 1.09. The molecule has 0 fully saturated rings. The highest BCUT2D eigenvalue weighted by molar-refractivity contribution is 6.02. The largest absolute Gasteiger partial charge is 0.493 e. The van der Waals surface area contributed by atoms with E-state index < -0.39 is 4.92 Å². The van der Waals surface area contributed by atoms with Crippen LogP contribution in [0.4, 0.5) is 11.4 Å². The Morgan fingerprint density at radius 3 is 2.79 bits per heavy atom. The van der Waals surface area contributed by atoms with E-state index in [-0.39, 0.29) is 11.6 Å². The molecule has 0 atom stereocenters. The molecule has 124 valence electrons. The quantitative estimate of drug-likeness (QED) is 0.473. The smallest absolute Gasteiger partial charge is 0.271 e. The lowest BCUT2D eigenvalue weighted by atomic mass is 10.2. The first kappa shape index (κ1) is 17.2. The fourth-order valence-corrected chi connectivity index (χ4v) is 2.01. The molecule has 0 saturated carbocycles. The molecular formula is C18H18N2O4. The summed E-state index contributed by atoms with van der Waals surface area (Å²) < 4.78 is 5.62. The minimum atomic E-state index is -0.507. The van der Waals surface area contributed by atoms with Gasteiger partial charge < -0.3 is 10.1 Å². The molecular weight excluding hydrogens is 308 g/mol. The summed E-state index contributed by atoms with van der Waals surface area (Å²) in [5.74, 6) is 0.333.